The van der Waals surface area contributed by atoms with E-state index < -0.39 is 4.92 Å². The second-order valence-corrected chi connectivity index (χ2v) is 5.75. The number of nitrogens with zero attached hydrogens (tertiary/aromatic N) is 2. The van der Waals surface area contributed by atoms with Crippen LogP contribution in [-0.4, -0.2) is 42.0 Å². The molecule has 1 saturated heterocycles. The maximum absolute atomic E-state index is 12.1. The highest BCUT2D eigenvalue weighted by Crippen LogP contribution is 2.37. The van der Waals surface area contributed by atoms with Crippen molar-refractivity contribution < 1.29 is 14.5 Å². The van der Waals surface area contributed by atoms with Gasteiger partial charge < -0.3 is 15.4 Å². The van der Waals surface area contributed by atoms with E-state index in [4.69, 9.17) is 10.5 Å². The number of hydrogen-bond donors (Lipinski definition) is 1. The Morgan fingerprint density at radius 1 is 1.60 bits per heavy atom. The zero-order valence-corrected chi connectivity index (χ0v) is 12.0. The lowest BCUT2D eigenvalue weighted by molar-refractivity contribution is -0.380. The summed E-state index contributed by atoms with van der Waals surface area (Å²) in [5.74, 6) is 0.0183. The lowest BCUT2D eigenvalue weighted by Crippen LogP contribution is -2.49. The number of thiophene rings is 1. The lowest BCUT2D eigenvalue weighted by Gasteiger charge is -2.39. The van der Waals surface area contributed by atoms with Crippen molar-refractivity contribution in [2.45, 2.75) is 24.9 Å². The Morgan fingerprint density at radius 2 is 2.35 bits per heavy atom. The van der Waals surface area contributed by atoms with Crippen molar-refractivity contribution in [3.63, 3.8) is 0 Å². The molecule has 2 rings (SSSR count). The van der Waals surface area contributed by atoms with E-state index in [0.29, 0.717) is 26.0 Å². The number of piperidine rings is 1. The number of amides is 1. The van der Waals surface area contributed by atoms with Crippen molar-refractivity contribution in [1.29, 1.82) is 0 Å². The summed E-state index contributed by atoms with van der Waals surface area (Å²) < 4.78 is 5.02. The molecule has 8 heteroatoms. The molecule has 7 nitrogen and oxygen atoms in total. The minimum atomic E-state index is -0.427. The number of methoxy groups -OCH3 is 1. The van der Waals surface area contributed by atoms with E-state index >= 15 is 0 Å². The van der Waals surface area contributed by atoms with E-state index in [9.17, 15) is 14.9 Å². The van der Waals surface area contributed by atoms with Crippen LogP contribution in [0.5, 0.6) is 0 Å². The SMILES string of the molecule is COCCN1C(=O)CCC(N)C1c1ccc([N+](=O)[O-])s1. The zero-order chi connectivity index (χ0) is 14.7. The monoisotopic (exact) mass is 299 g/mol. The van der Waals surface area contributed by atoms with Crippen LogP contribution >= 0.6 is 11.3 Å². The highest BCUT2D eigenvalue weighted by molar-refractivity contribution is 7.15. The first kappa shape index (κ1) is 14.9. The molecule has 0 aromatic carbocycles. The largest absolute Gasteiger partial charge is 0.383 e. The van der Waals surface area contributed by atoms with Crippen LogP contribution in [0.4, 0.5) is 5.00 Å². The number of nitro groups is 1. The van der Waals surface area contributed by atoms with E-state index in [0.717, 1.165) is 16.2 Å². The van der Waals surface area contributed by atoms with Crippen LogP contribution in [0.2, 0.25) is 0 Å². The van der Waals surface area contributed by atoms with E-state index in [1.54, 1.807) is 18.1 Å². The van der Waals surface area contributed by atoms with Gasteiger partial charge in [0.05, 0.1) is 17.6 Å². The molecule has 0 spiro atoms. The normalized spacial score (nSPS) is 23.1. The van der Waals surface area contributed by atoms with Crippen molar-refractivity contribution in [1.82, 2.24) is 4.90 Å². The first-order chi connectivity index (χ1) is 9.54. The van der Waals surface area contributed by atoms with Gasteiger partial charge in [-0.15, -0.1) is 0 Å². The third-order valence-corrected chi connectivity index (χ3v) is 4.48. The van der Waals surface area contributed by atoms with Crippen LogP contribution in [0.1, 0.15) is 23.8 Å². The molecule has 2 heterocycles. The number of hydrogen-bond acceptors (Lipinski definition) is 6. The van der Waals surface area contributed by atoms with Gasteiger partial charge in [0.1, 0.15) is 0 Å². The Bertz CT molecular complexity index is 505. The molecule has 2 unspecified atom stereocenters. The Labute approximate surface area is 120 Å². The molecule has 1 amide bonds. The fraction of sp³-hybridized carbons (Fsp3) is 0.583. The number of rotatable bonds is 5. The second kappa shape index (κ2) is 6.29. The van der Waals surface area contributed by atoms with E-state index in [-0.39, 0.29) is 23.0 Å². The molecule has 0 aliphatic carbocycles. The summed E-state index contributed by atoms with van der Waals surface area (Å²) in [5.41, 5.74) is 6.12. The summed E-state index contributed by atoms with van der Waals surface area (Å²) in [5, 5.41) is 10.8. The van der Waals surface area contributed by atoms with Crippen molar-refractivity contribution in [3.8, 4) is 0 Å². The van der Waals surface area contributed by atoms with Crippen LogP contribution in [0.25, 0.3) is 0 Å². The molecule has 2 atom stereocenters. The summed E-state index contributed by atoms with van der Waals surface area (Å²) in [6.07, 6.45) is 1.01. The molecule has 20 heavy (non-hydrogen) atoms. The van der Waals surface area contributed by atoms with Gasteiger partial charge in [-0.1, -0.05) is 11.3 Å². The number of nitrogens with two attached hydrogens (primary N) is 1. The molecule has 1 aliphatic rings. The maximum atomic E-state index is 12.1. The number of ether oxygens (including phenoxy) is 1. The first-order valence-electron chi connectivity index (χ1n) is 6.32. The van der Waals surface area contributed by atoms with Gasteiger partial charge in [-0.3, -0.25) is 14.9 Å². The minimum absolute atomic E-state index is 0.0183. The topological polar surface area (TPSA) is 98.7 Å². The van der Waals surface area contributed by atoms with E-state index in [2.05, 4.69) is 0 Å². The van der Waals surface area contributed by atoms with Gasteiger partial charge in [-0.05, 0) is 12.5 Å². The number of carbonyl (C=O) groups excluding carboxylic acids is 1. The van der Waals surface area contributed by atoms with Gasteiger partial charge in [-0.25, -0.2) is 0 Å². The van der Waals surface area contributed by atoms with E-state index in [1.165, 1.54) is 6.07 Å². The van der Waals surface area contributed by atoms with Gasteiger partial charge in [0.2, 0.25) is 5.91 Å². The fourth-order valence-corrected chi connectivity index (χ4v) is 3.41. The standard InChI is InChI=1S/C12H17N3O4S/c1-19-7-6-14-10(16)4-2-8(13)12(14)9-3-5-11(20-9)15(17)18/h3,5,8,12H,2,4,6-7,13H2,1H3. The van der Waals surface area contributed by atoms with Gasteiger partial charge in [-0.2, -0.15) is 0 Å². The van der Waals surface area contributed by atoms with Crippen molar-refractivity contribution in [3.05, 3.63) is 27.1 Å². The van der Waals surface area contributed by atoms with Crippen molar-refractivity contribution in [2.24, 2.45) is 5.73 Å². The van der Waals surface area contributed by atoms with E-state index in [1.807, 2.05) is 0 Å². The molecule has 0 saturated carbocycles. The molecule has 110 valence electrons. The molecule has 2 N–H and O–H groups in total. The predicted octanol–water partition coefficient (Wildman–Crippen LogP) is 1.29. The van der Waals surface area contributed by atoms with Crippen LogP contribution in [-0.2, 0) is 9.53 Å². The lowest BCUT2D eigenvalue weighted by atomic mass is 9.95. The smallest absolute Gasteiger partial charge is 0.324 e. The summed E-state index contributed by atoms with van der Waals surface area (Å²) >= 11 is 1.08. The van der Waals surface area contributed by atoms with Crippen molar-refractivity contribution in [2.75, 3.05) is 20.3 Å². The zero-order valence-electron chi connectivity index (χ0n) is 11.2. The second-order valence-electron chi connectivity index (χ2n) is 4.66. The third kappa shape index (κ3) is 2.97. The summed E-state index contributed by atoms with van der Waals surface area (Å²) in [6, 6.07) is 2.64. The molecule has 0 radical (unpaired) electrons. The quantitative estimate of drug-likeness (QED) is 0.652. The molecule has 1 aromatic rings. The summed E-state index contributed by atoms with van der Waals surface area (Å²) in [6.45, 7) is 0.863. The van der Waals surface area contributed by atoms with Gasteiger partial charge in [0.15, 0.2) is 0 Å². The van der Waals surface area contributed by atoms with Gasteiger partial charge >= 0.3 is 5.00 Å². The van der Waals surface area contributed by atoms with Crippen LogP contribution in [0.15, 0.2) is 12.1 Å². The summed E-state index contributed by atoms with van der Waals surface area (Å²) in [4.78, 5) is 24.8. The third-order valence-electron chi connectivity index (χ3n) is 3.37. The average molecular weight is 299 g/mol. The average Bonchev–Trinajstić information content (AvgIpc) is 2.89. The Morgan fingerprint density at radius 3 is 2.95 bits per heavy atom. The molecule has 1 aliphatic heterocycles. The van der Waals surface area contributed by atoms with Crippen LogP contribution < -0.4 is 5.73 Å². The Hall–Kier alpha value is -1.51. The molecule has 1 aromatic heterocycles. The van der Waals surface area contributed by atoms with Gasteiger partial charge in [0.25, 0.3) is 0 Å². The number of likely N-dealkylation sites (tertiary alicyclic amines) is 1. The predicted molar refractivity (Wildman–Crippen MR) is 74.5 cm³/mol. The Balaban J connectivity index is 2.26. The van der Waals surface area contributed by atoms with Gasteiger partial charge in [0, 0.05) is 37.1 Å². The highest BCUT2D eigenvalue weighted by atomic mass is 32.1. The molecule has 0 bridgehead atoms. The molecular formula is C12H17N3O4S. The summed E-state index contributed by atoms with van der Waals surface area (Å²) in [7, 11) is 1.57. The highest BCUT2D eigenvalue weighted by Gasteiger charge is 2.36. The van der Waals surface area contributed by atoms with Crippen LogP contribution in [0, 0.1) is 10.1 Å². The van der Waals surface area contributed by atoms with Crippen LogP contribution in [0.3, 0.4) is 0 Å². The molecular weight excluding hydrogens is 282 g/mol. The maximum Gasteiger partial charge on any atom is 0.324 e. The Kier molecular flexibility index (Phi) is 4.69. The van der Waals surface area contributed by atoms with Crippen molar-refractivity contribution >= 4 is 22.2 Å². The number of carbonyl (C=O) groups is 1. The minimum Gasteiger partial charge on any atom is -0.383 e. The fourth-order valence-electron chi connectivity index (χ4n) is 2.40. The first-order valence-corrected chi connectivity index (χ1v) is 7.14. The molecule has 1 fully saturated rings.